The first-order valence-electron chi connectivity index (χ1n) is 9.18. The Balaban J connectivity index is 1.91. The Kier molecular flexibility index (Phi) is 6.84. The van der Waals surface area contributed by atoms with Gasteiger partial charge in [0.05, 0.1) is 6.61 Å². The number of carbonyl (C=O) groups is 1. The number of aliphatic hydroxyl groups is 4. The summed E-state index contributed by atoms with van der Waals surface area (Å²) < 4.78 is 10.4. The third-order valence-corrected chi connectivity index (χ3v) is 6.06. The summed E-state index contributed by atoms with van der Waals surface area (Å²) in [5.41, 5.74) is 0.215. The van der Waals surface area contributed by atoms with Gasteiger partial charge in [-0.05, 0) is 36.5 Å². The van der Waals surface area contributed by atoms with E-state index in [9.17, 15) is 20.1 Å². The molecule has 1 aliphatic heterocycles. The van der Waals surface area contributed by atoms with Crippen molar-refractivity contribution in [2.24, 2.45) is 17.3 Å². The Labute approximate surface area is 148 Å². The van der Waals surface area contributed by atoms with E-state index in [2.05, 4.69) is 20.8 Å². The van der Waals surface area contributed by atoms with Crippen LogP contribution in [0.25, 0.3) is 0 Å². The van der Waals surface area contributed by atoms with Crippen LogP contribution in [-0.2, 0) is 14.3 Å². The van der Waals surface area contributed by atoms with Crippen molar-refractivity contribution >= 4 is 5.97 Å². The van der Waals surface area contributed by atoms with E-state index in [-0.39, 0.29) is 17.8 Å². The van der Waals surface area contributed by atoms with E-state index in [1.807, 2.05) is 0 Å². The first-order valence-corrected chi connectivity index (χ1v) is 9.18. The van der Waals surface area contributed by atoms with Crippen molar-refractivity contribution in [3.05, 3.63) is 0 Å². The summed E-state index contributed by atoms with van der Waals surface area (Å²) in [6, 6.07) is 0. The Hall–Kier alpha value is -0.730. The Bertz CT molecular complexity index is 453. The van der Waals surface area contributed by atoms with E-state index in [0.29, 0.717) is 5.92 Å². The number of aliphatic hydroxyl groups excluding tert-OH is 4. The average Bonchev–Trinajstić information content (AvgIpc) is 2.55. The quantitative estimate of drug-likeness (QED) is 0.530. The van der Waals surface area contributed by atoms with Gasteiger partial charge in [0.1, 0.15) is 24.4 Å². The molecule has 7 nitrogen and oxygen atoms in total. The predicted octanol–water partition coefficient (Wildman–Crippen LogP) is 0.572. The Morgan fingerprint density at radius 1 is 1.24 bits per heavy atom. The molecule has 7 atom stereocenters. The summed E-state index contributed by atoms with van der Waals surface area (Å²) >= 11 is 0. The second-order valence-corrected chi connectivity index (χ2v) is 8.16. The molecule has 1 heterocycles. The summed E-state index contributed by atoms with van der Waals surface area (Å²) in [5.74, 6) is 0.262. The highest BCUT2D eigenvalue weighted by molar-refractivity contribution is 5.69. The number of rotatable bonds is 5. The molecule has 3 unspecified atom stereocenters. The largest absolute Gasteiger partial charge is 0.433 e. The van der Waals surface area contributed by atoms with Crippen molar-refractivity contribution in [3.8, 4) is 0 Å². The van der Waals surface area contributed by atoms with Crippen LogP contribution in [-0.4, -0.2) is 63.7 Å². The zero-order chi connectivity index (χ0) is 18.8. The van der Waals surface area contributed by atoms with Crippen molar-refractivity contribution in [3.63, 3.8) is 0 Å². The van der Waals surface area contributed by atoms with Crippen molar-refractivity contribution in [1.29, 1.82) is 0 Å². The van der Waals surface area contributed by atoms with Gasteiger partial charge in [0.25, 0.3) is 0 Å². The van der Waals surface area contributed by atoms with Gasteiger partial charge in [0, 0.05) is 6.42 Å². The molecule has 2 aliphatic rings. The van der Waals surface area contributed by atoms with Gasteiger partial charge in [-0.25, -0.2) is 0 Å². The summed E-state index contributed by atoms with van der Waals surface area (Å²) in [6.07, 6.45) is -2.62. The second kappa shape index (κ2) is 8.31. The summed E-state index contributed by atoms with van der Waals surface area (Å²) in [7, 11) is 0. The van der Waals surface area contributed by atoms with E-state index in [1.165, 1.54) is 0 Å². The van der Waals surface area contributed by atoms with Crippen LogP contribution in [0.1, 0.15) is 52.9 Å². The SMILES string of the molecule is CC(C)C1(C)CCCC(CC(=O)OC2O[C@H](CO)[C@H](O)[C@H](O)[C@H]2O)C1. The molecule has 0 amide bonds. The van der Waals surface area contributed by atoms with Crippen molar-refractivity contribution in [2.75, 3.05) is 6.61 Å². The molecule has 0 aromatic rings. The van der Waals surface area contributed by atoms with E-state index in [0.717, 1.165) is 25.7 Å². The molecule has 0 bridgehead atoms. The first-order chi connectivity index (χ1) is 11.7. The van der Waals surface area contributed by atoms with Crippen LogP contribution in [0.5, 0.6) is 0 Å². The third-order valence-electron chi connectivity index (χ3n) is 6.06. The van der Waals surface area contributed by atoms with Crippen LogP contribution in [0.15, 0.2) is 0 Å². The van der Waals surface area contributed by atoms with Gasteiger partial charge >= 0.3 is 5.97 Å². The summed E-state index contributed by atoms with van der Waals surface area (Å²) in [4.78, 5) is 12.3. The van der Waals surface area contributed by atoms with Crippen molar-refractivity contribution in [2.45, 2.75) is 83.6 Å². The van der Waals surface area contributed by atoms with Gasteiger partial charge < -0.3 is 29.9 Å². The number of hydrogen-bond acceptors (Lipinski definition) is 7. The van der Waals surface area contributed by atoms with Gasteiger partial charge in [0.15, 0.2) is 0 Å². The molecule has 146 valence electrons. The zero-order valence-electron chi connectivity index (χ0n) is 15.3. The number of ether oxygens (including phenoxy) is 2. The Morgan fingerprint density at radius 3 is 2.52 bits per heavy atom. The number of hydrogen-bond donors (Lipinski definition) is 4. The lowest BCUT2D eigenvalue weighted by Crippen LogP contribution is -2.59. The maximum Gasteiger partial charge on any atom is 0.308 e. The molecule has 25 heavy (non-hydrogen) atoms. The van der Waals surface area contributed by atoms with Crippen LogP contribution >= 0.6 is 0 Å². The summed E-state index contributed by atoms with van der Waals surface area (Å²) in [6.45, 7) is 6.12. The highest BCUT2D eigenvalue weighted by Crippen LogP contribution is 2.45. The lowest BCUT2D eigenvalue weighted by atomic mass is 9.64. The zero-order valence-corrected chi connectivity index (χ0v) is 15.3. The van der Waals surface area contributed by atoms with Crippen molar-refractivity contribution in [1.82, 2.24) is 0 Å². The molecule has 0 aromatic heterocycles. The lowest BCUT2D eigenvalue weighted by Gasteiger charge is -2.42. The molecular formula is C18H32O7. The molecule has 1 aliphatic carbocycles. The van der Waals surface area contributed by atoms with Gasteiger partial charge in [-0.1, -0.05) is 27.2 Å². The maximum atomic E-state index is 12.3. The fourth-order valence-corrected chi connectivity index (χ4v) is 3.93. The fourth-order valence-electron chi connectivity index (χ4n) is 3.93. The topological polar surface area (TPSA) is 116 Å². The molecule has 1 saturated carbocycles. The van der Waals surface area contributed by atoms with E-state index < -0.39 is 43.3 Å². The minimum atomic E-state index is -1.55. The summed E-state index contributed by atoms with van der Waals surface area (Å²) in [5, 5.41) is 38.6. The van der Waals surface area contributed by atoms with E-state index in [1.54, 1.807) is 0 Å². The van der Waals surface area contributed by atoms with Crippen LogP contribution < -0.4 is 0 Å². The molecule has 2 rings (SSSR count). The molecule has 0 radical (unpaired) electrons. The third kappa shape index (κ3) is 4.71. The molecular weight excluding hydrogens is 328 g/mol. The van der Waals surface area contributed by atoms with Crippen LogP contribution in [0.2, 0.25) is 0 Å². The number of esters is 1. The van der Waals surface area contributed by atoms with Crippen LogP contribution in [0, 0.1) is 17.3 Å². The highest BCUT2D eigenvalue weighted by atomic mass is 16.7. The monoisotopic (exact) mass is 360 g/mol. The van der Waals surface area contributed by atoms with Crippen LogP contribution in [0.4, 0.5) is 0 Å². The van der Waals surface area contributed by atoms with Crippen LogP contribution in [0.3, 0.4) is 0 Å². The van der Waals surface area contributed by atoms with E-state index >= 15 is 0 Å². The molecule has 4 N–H and O–H groups in total. The van der Waals surface area contributed by atoms with Gasteiger partial charge in [-0.3, -0.25) is 4.79 Å². The minimum Gasteiger partial charge on any atom is -0.433 e. The van der Waals surface area contributed by atoms with Crippen molar-refractivity contribution < 1.29 is 34.7 Å². The maximum absolute atomic E-state index is 12.3. The van der Waals surface area contributed by atoms with Gasteiger partial charge in [0.2, 0.25) is 6.29 Å². The molecule has 0 aromatic carbocycles. The first kappa shape index (κ1) is 20.6. The standard InChI is InChI=1S/C18H32O7/c1-10(2)18(3)6-4-5-11(8-18)7-13(20)25-17-16(23)15(22)14(21)12(9-19)24-17/h10-12,14-17,19,21-23H,4-9H2,1-3H3/t11?,12-,14+,15+,16-,17?,18?/m1/s1. The normalized spacial score (nSPS) is 42.4. The molecule has 0 spiro atoms. The van der Waals surface area contributed by atoms with Gasteiger partial charge in [-0.2, -0.15) is 0 Å². The number of carbonyl (C=O) groups excluding carboxylic acids is 1. The van der Waals surface area contributed by atoms with E-state index in [4.69, 9.17) is 14.6 Å². The fraction of sp³-hybridized carbons (Fsp3) is 0.944. The molecule has 2 fully saturated rings. The predicted molar refractivity (Wildman–Crippen MR) is 89.4 cm³/mol. The smallest absolute Gasteiger partial charge is 0.308 e. The second-order valence-electron chi connectivity index (χ2n) is 8.16. The average molecular weight is 360 g/mol. The Morgan fingerprint density at radius 2 is 1.92 bits per heavy atom. The molecule has 7 heteroatoms. The molecule has 1 saturated heterocycles. The highest BCUT2D eigenvalue weighted by Gasteiger charge is 2.45. The lowest BCUT2D eigenvalue weighted by molar-refractivity contribution is -0.293. The minimum absolute atomic E-state index is 0.215. The van der Waals surface area contributed by atoms with Gasteiger partial charge in [-0.15, -0.1) is 0 Å².